The molecule has 2 rings (SSSR count). The highest BCUT2D eigenvalue weighted by atomic mass is 16.4. The Labute approximate surface area is 116 Å². The number of nitrogen functional groups attached to an aromatic ring is 1. The molecule has 4 N–H and O–H groups in total. The third-order valence-corrected chi connectivity index (χ3v) is 3.01. The minimum Gasteiger partial charge on any atom is -0.478 e. The molecule has 0 saturated heterocycles. The Bertz CT molecular complexity index is 635. The Hall–Kier alpha value is -2.50. The average molecular weight is 275 g/mol. The lowest BCUT2D eigenvalue weighted by Gasteiger charge is -2.10. The van der Waals surface area contributed by atoms with Gasteiger partial charge in [-0.15, -0.1) is 0 Å². The van der Waals surface area contributed by atoms with Gasteiger partial charge in [-0.05, 0) is 24.6 Å². The lowest BCUT2D eigenvalue weighted by Crippen LogP contribution is -2.07. The number of aryl methyl sites for hydroxylation is 2. The van der Waals surface area contributed by atoms with Crippen LogP contribution < -0.4 is 11.1 Å². The monoisotopic (exact) mass is 275 g/mol. The smallest absolute Gasteiger partial charge is 0.337 e. The van der Waals surface area contributed by atoms with Crippen LogP contribution in [0.15, 0.2) is 22.7 Å². The summed E-state index contributed by atoms with van der Waals surface area (Å²) in [4.78, 5) is 15.2. The van der Waals surface area contributed by atoms with E-state index in [1.54, 1.807) is 19.2 Å². The molecular formula is C14H17N3O3. The molecule has 0 aliphatic carbocycles. The number of carboxylic acid groups (broad SMARTS) is 1. The number of oxazole rings is 1. The molecule has 0 radical (unpaired) electrons. The zero-order valence-electron chi connectivity index (χ0n) is 11.4. The van der Waals surface area contributed by atoms with Crippen LogP contribution in [0.25, 0.3) is 0 Å². The lowest BCUT2D eigenvalue weighted by atomic mass is 10.1. The van der Waals surface area contributed by atoms with Gasteiger partial charge in [-0.1, -0.05) is 6.92 Å². The Kier molecular flexibility index (Phi) is 3.93. The van der Waals surface area contributed by atoms with Crippen LogP contribution >= 0.6 is 0 Å². The zero-order chi connectivity index (χ0) is 14.7. The second-order valence-electron chi connectivity index (χ2n) is 4.49. The molecule has 0 atom stereocenters. The first-order valence-corrected chi connectivity index (χ1v) is 6.32. The fourth-order valence-electron chi connectivity index (χ4n) is 1.85. The van der Waals surface area contributed by atoms with Gasteiger partial charge in [0.1, 0.15) is 5.76 Å². The van der Waals surface area contributed by atoms with Crippen LogP contribution in [0.4, 0.5) is 11.4 Å². The first-order valence-electron chi connectivity index (χ1n) is 6.32. The summed E-state index contributed by atoms with van der Waals surface area (Å²) in [6.07, 6.45) is 2.48. The Morgan fingerprint density at radius 1 is 1.50 bits per heavy atom. The van der Waals surface area contributed by atoms with Gasteiger partial charge < -0.3 is 20.6 Å². The number of carboxylic acids is 1. The number of rotatable bonds is 5. The van der Waals surface area contributed by atoms with Crippen LogP contribution in [0.5, 0.6) is 0 Å². The van der Waals surface area contributed by atoms with Crippen molar-refractivity contribution in [2.45, 2.75) is 26.8 Å². The molecule has 2 aromatic rings. The van der Waals surface area contributed by atoms with E-state index in [4.69, 9.17) is 15.3 Å². The van der Waals surface area contributed by atoms with Crippen molar-refractivity contribution in [3.8, 4) is 0 Å². The SMILES string of the molecule is CCc1cnc(CNc2cc(C)c(N)c(C(=O)O)c2)o1. The lowest BCUT2D eigenvalue weighted by molar-refractivity contribution is 0.0698. The van der Waals surface area contributed by atoms with Crippen LogP contribution in [0.1, 0.15) is 34.5 Å². The topological polar surface area (TPSA) is 101 Å². The van der Waals surface area contributed by atoms with Gasteiger partial charge in [-0.3, -0.25) is 0 Å². The zero-order valence-corrected chi connectivity index (χ0v) is 11.4. The highest BCUT2D eigenvalue weighted by Crippen LogP contribution is 2.23. The number of nitrogens with one attached hydrogen (secondary N) is 1. The van der Waals surface area contributed by atoms with Gasteiger partial charge in [0.15, 0.2) is 0 Å². The Balaban J connectivity index is 2.15. The summed E-state index contributed by atoms with van der Waals surface area (Å²) in [7, 11) is 0. The highest BCUT2D eigenvalue weighted by molar-refractivity contribution is 5.95. The normalized spacial score (nSPS) is 10.5. The molecule has 106 valence electrons. The van der Waals surface area contributed by atoms with E-state index in [2.05, 4.69) is 10.3 Å². The van der Waals surface area contributed by atoms with Gasteiger partial charge >= 0.3 is 5.97 Å². The maximum Gasteiger partial charge on any atom is 0.337 e. The maximum absolute atomic E-state index is 11.1. The summed E-state index contributed by atoms with van der Waals surface area (Å²) in [5.74, 6) is 0.341. The molecule has 20 heavy (non-hydrogen) atoms. The maximum atomic E-state index is 11.1. The number of nitrogens with two attached hydrogens (primary N) is 1. The molecule has 0 fully saturated rings. The van der Waals surface area contributed by atoms with Crippen molar-refractivity contribution >= 4 is 17.3 Å². The van der Waals surface area contributed by atoms with Crippen molar-refractivity contribution in [3.63, 3.8) is 0 Å². The van der Waals surface area contributed by atoms with Gasteiger partial charge in [0.2, 0.25) is 5.89 Å². The summed E-state index contributed by atoms with van der Waals surface area (Å²) in [6.45, 7) is 4.15. The summed E-state index contributed by atoms with van der Waals surface area (Å²) < 4.78 is 5.47. The van der Waals surface area contributed by atoms with E-state index in [9.17, 15) is 4.79 Å². The van der Waals surface area contributed by atoms with Crippen molar-refractivity contribution in [2.24, 2.45) is 0 Å². The summed E-state index contributed by atoms with van der Waals surface area (Å²) in [6, 6.07) is 3.31. The van der Waals surface area contributed by atoms with Crippen molar-refractivity contribution in [1.82, 2.24) is 4.98 Å². The van der Waals surface area contributed by atoms with E-state index in [1.807, 2.05) is 6.92 Å². The van der Waals surface area contributed by atoms with Crippen LogP contribution in [-0.4, -0.2) is 16.1 Å². The molecule has 0 unspecified atom stereocenters. The number of anilines is 2. The standard InChI is InChI=1S/C14H17N3O3/c1-3-10-6-17-12(20-10)7-16-9-4-8(2)13(15)11(5-9)14(18)19/h4-6,16H,3,7,15H2,1-2H3,(H,18,19). The van der Waals surface area contributed by atoms with Crippen LogP contribution in [0.3, 0.4) is 0 Å². The molecule has 1 aromatic heterocycles. The van der Waals surface area contributed by atoms with Crippen LogP contribution in [0, 0.1) is 6.92 Å². The number of hydrogen-bond acceptors (Lipinski definition) is 5. The van der Waals surface area contributed by atoms with Crippen molar-refractivity contribution < 1.29 is 14.3 Å². The molecular weight excluding hydrogens is 258 g/mol. The molecule has 1 aromatic carbocycles. The predicted octanol–water partition coefficient (Wildman–Crippen LogP) is 2.44. The molecule has 0 bridgehead atoms. The van der Waals surface area contributed by atoms with Crippen molar-refractivity contribution in [1.29, 1.82) is 0 Å². The van der Waals surface area contributed by atoms with E-state index >= 15 is 0 Å². The number of aromatic carboxylic acids is 1. The van der Waals surface area contributed by atoms with E-state index in [-0.39, 0.29) is 11.3 Å². The van der Waals surface area contributed by atoms with Crippen LogP contribution in [-0.2, 0) is 13.0 Å². The second-order valence-corrected chi connectivity index (χ2v) is 4.49. The van der Waals surface area contributed by atoms with E-state index in [0.717, 1.165) is 12.2 Å². The fraction of sp³-hybridized carbons (Fsp3) is 0.286. The number of aromatic nitrogens is 1. The molecule has 0 aliphatic heterocycles. The van der Waals surface area contributed by atoms with Gasteiger partial charge in [0.05, 0.1) is 18.3 Å². The molecule has 0 spiro atoms. The molecule has 6 nitrogen and oxygen atoms in total. The Morgan fingerprint density at radius 3 is 2.85 bits per heavy atom. The highest BCUT2D eigenvalue weighted by Gasteiger charge is 2.12. The third kappa shape index (κ3) is 2.90. The summed E-state index contributed by atoms with van der Waals surface area (Å²) in [5.41, 5.74) is 7.51. The third-order valence-electron chi connectivity index (χ3n) is 3.01. The quantitative estimate of drug-likeness (QED) is 0.724. The van der Waals surface area contributed by atoms with Crippen LogP contribution in [0.2, 0.25) is 0 Å². The van der Waals surface area contributed by atoms with Gasteiger partial charge in [0.25, 0.3) is 0 Å². The number of hydrogen-bond donors (Lipinski definition) is 3. The molecule has 0 saturated carbocycles. The number of benzene rings is 1. The first-order chi connectivity index (χ1) is 9.51. The average Bonchev–Trinajstić information content (AvgIpc) is 2.87. The molecule has 0 amide bonds. The van der Waals surface area contributed by atoms with E-state index < -0.39 is 5.97 Å². The number of nitrogens with zero attached hydrogens (tertiary/aromatic N) is 1. The second kappa shape index (κ2) is 5.64. The van der Waals surface area contributed by atoms with Gasteiger partial charge in [-0.25, -0.2) is 9.78 Å². The molecule has 0 aliphatic rings. The summed E-state index contributed by atoms with van der Waals surface area (Å²) in [5, 5.41) is 12.2. The Morgan fingerprint density at radius 2 is 2.25 bits per heavy atom. The minimum absolute atomic E-state index is 0.0918. The largest absolute Gasteiger partial charge is 0.478 e. The van der Waals surface area contributed by atoms with Gasteiger partial charge in [0, 0.05) is 17.8 Å². The number of carbonyl (C=O) groups is 1. The summed E-state index contributed by atoms with van der Waals surface area (Å²) >= 11 is 0. The van der Waals surface area contributed by atoms with E-state index in [0.29, 0.717) is 23.7 Å². The molecule has 6 heteroatoms. The minimum atomic E-state index is -1.04. The fourth-order valence-corrected chi connectivity index (χ4v) is 1.85. The van der Waals surface area contributed by atoms with Crippen molar-refractivity contribution in [2.75, 3.05) is 11.1 Å². The predicted molar refractivity (Wildman–Crippen MR) is 75.8 cm³/mol. The van der Waals surface area contributed by atoms with Gasteiger partial charge in [-0.2, -0.15) is 0 Å². The van der Waals surface area contributed by atoms with E-state index in [1.165, 1.54) is 6.07 Å². The molecule has 1 heterocycles. The first kappa shape index (κ1) is 13.9. The van der Waals surface area contributed by atoms with Crippen molar-refractivity contribution in [3.05, 3.63) is 41.1 Å².